The molecule has 0 radical (unpaired) electrons. The summed E-state index contributed by atoms with van der Waals surface area (Å²) in [6, 6.07) is 3.83. The lowest BCUT2D eigenvalue weighted by Crippen LogP contribution is -2.14. The smallest absolute Gasteiger partial charge is 0.240 e. The van der Waals surface area contributed by atoms with E-state index >= 15 is 0 Å². The summed E-state index contributed by atoms with van der Waals surface area (Å²) in [5.74, 6) is -0.819. The number of halogens is 1. The lowest BCUT2D eigenvalue weighted by molar-refractivity contribution is 0.566. The van der Waals surface area contributed by atoms with Crippen LogP contribution in [0.2, 0.25) is 0 Å². The number of hydrogen-bond acceptors (Lipinski definition) is 3. The van der Waals surface area contributed by atoms with Crippen molar-refractivity contribution in [1.29, 1.82) is 0 Å². The zero-order chi connectivity index (χ0) is 10.8. The van der Waals surface area contributed by atoms with Gasteiger partial charge in [-0.1, -0.05) is 6.07 Å². The molecule has 0 aromatic heterocycles. The second kappa shape index (κ2) is 4.04. The molecule has 0 bridgehead atoms. The normalized spacial score (nSPS) is 11.6. The minimum Gasteiger partial charge on any atom is -0.316 e. The molecule has 4 nitrogen and oxygen atoms in total. The first-order chi connectivity index (χ1) is 6.45. The van der Waals surface area contributed by atoms with Crippen LogP contribution >= 0.6 is 0 Å². The number of rotatable bonds is 3. The molecule has 6 heteroatoms. The number of benzene rings is 1. The van der Waals surface area contributed by atoms with Gasteiger partial charge in [-0.2, -0.15) is 0 Å². The summed E-state index contributed by atoms with van der Waals surface area (Å²) in [7, 11) is -2.25. The molecule has 1 rings (SSSR count). The number of hydrogen-bond donors (Lipinski definition) is 2. The molecule has 0 saturated heterocycles. The first kappa shape index (κ1) is 11.1. The highest BCUT2D eigenvalue weighted by Gasteiger charge is 2.13. The van der Waals surface area contributed by atoms with E-state index in [0.717, 1.165) is 12.1 Å². The van der Waals surface area contributed by atoms with Gasteiger partial charge in [0.2, 0.25) is 10.0 Å². The third kappa shape index (κ3) is 2.50. The number of nitrogens with two attached hydrogens (primary N) is 1. The van der Waals surface area contributed by atoms with Crippen LogP contribution in [0.5, 0.6) is 0 Å². The summed E-state index contributed by atoms with van der Waals surface area (Å²) in [5.41, 5.74) is 0.664. The summed E-state index contributed by atoms with van der Waals surface area (Å²) >= 11 is 0. The van der Waals surface area contributed by atoms with Crippen molar-refractivity contribution in [3.05, 3.63) is 29.6 Å². The largest absolute Gasteiger partial charge is 0.316 e. The second-order valence-corrected chi connectivity index (χ2v) is 4.37. The lowest BCUT2D eigenvalue weighted by atomic mass is 10.2. The summed E-state index contributed by atoms with van der Waals surface area (Å²) in [6.07, 6.45) is 0. The highest BCUT2D eigenvalue weighted by Crippen LogP contribution is 2.14. The number of primary sulfonamides is 1. The fourth-order valence-corrected chi connectivity index (χ4v) is 1.68. The van der Waals surface area contributed by atoms with Gasteiger partial charge in [-0.15, -0.1) is 0 Å². The van der Waals surface area contributed by atoms with E-state index in [9.17, 15) is 12.8 Å². The molecule has 0 amide bonds. The fourth-order valence-electron chi connectivity index (χ4n) is 1.09. The Labute approximate surface area is 82.0 Å². The highest BCUT2D eigenvalue weighted by molar-refractivity contribution is 7.89. The highest BCUT2D eigenvalue weighted by atomic mass is 32.2. The standard InChI is InChI=1S/C8H11FN2O2S/c1-11-5-6-2-3-8(7(9)4-6)14(10,12)13/h2-4,11H,5H2,1H3,(H2,10,12,13). The summed E-state index contributed by atoms with van der Waals surface area (Å²) in [6.45, 7) is 0.474. The monoisotopic (exact) mass is 218 g/mol. The Morgan fingerprint density at radius 1 is 1.50 bits per heavy atom. The predicted octanol–water partition coefficient (Wildman–Crippen LogP) is 0.193. The average molecular weight is 218 g/mol. The zero-order valence-electron chi connectivity index (χ0n) is 7.62. The molecule has 0 unspecified atom stereocenters. The summed E-state index contributed by atoms with van der Waals surface area (Å²) in [4.78, 5) is -0.475. The van der Waals surface area contributed by atoms with Crippen molar-refractivity contribution in [1.82, 2.24) is 5.32 Å². The molecule has 0 aliphatic rings. The molecule has 0 aliphatic carbocycles. The quantitative estimate of drug-likeness (QED) is 0.760. The van der Waals surface area contributed by atoms with E-state index in [4.69, 9.17) is 5.14 Å². The number of nitrogens with one attached hydrogen (secondary N) is 1. The van der Waals surface area contributed by atoms with Crippen molar-refractivity contribution >= 4 is 10.0 Å². The minimum absolute atomic E-state index is 0.474. The zero-order valence-corrected chi connectivity index (χ0v) is 8.44. The van der Waals surface area contributed by atoms with Crippen LogP contribution in [0.3, 0.4) is 0 Å². The van der Waals surface area contributed by atoms with E-state index in [2.05, 4.69) is 5.32 Å². The summed E-state index contributed by atoms with van der Waals surface area (Å²) < 4.78 is 34.9. The molecule has 3 N–H and O–H groups in total. The SMILES string of the molecule is CNCc1ccc(S(N)(=O)=O)c(F)c1. The molecule has 0 atom stereocenters. The molecule has 1 aromatic rings. The Morgan fingerprint density at radius 2 is 2.14 bits per heavy atom. The van der Waals surface area contributed by atoms with Gasteiger partial charge >= 0.3 is 0 Å². The second-order valence-electron chi connectivity index (χ2n) is 2.84. The topological polar surface area (TPSA) is 72.2 Å². The van der Waals surface area contributed by atoms with Gasteiger partial charge in [0.1, 0.15) is 10.7 Å². The molecular formula is C8H11FN2O2S. The van der Waals surface area contributed by atoms with Crippen molar-refractivity contribution in [2.45, 2.75) is 11.4 Å². The van der Waals surface area contributed by atoms with Crippen molar-refractivity contribution in [2.75, 3.05) is 7.05 Å². The Bertz CT molecular complexity index is 431. The van der Waals surface area contributed by atoms with Gasteiger partial charge in [-0.3, -0.25) is 0 Å². The van der Waals surface area contributed by atoms with Gasteiger partial charge in [-0.25, -0.2) is 17.9 Å². The van der Waals surface area contributed by atoms with Crippen LogP contribution in [-0.2, 0) is 16.6 Å². The van der Waals surface area contributed by atoms with E-state index in [1.165, 1.54) is 6.07 Å². The summed E-state index contributed by atoms with van der Waals surface area (Å²) in [5, 5.41) is 7.62. The van der Waals surface area contributed by atoms with Gasteiger partial charge in [0.15, 0.2) is 0 Å². The maximum Gasteiger partial charge on any atom is 0.240 e. The molecule has 0 aliphatic heterocycles. The van der Waals surface area contributed by atoms with Crippen molar-refractivity contribution in [3.63, 3.8) is 0 Å². The van der Waals surface area contributed by atoms with Crippen LogP contribution in [0.15, 0.2) is 23.1 Å². The van der Waals surface area contributed by atoms with Gasteiger partial charge in [0, 0.05) is 6.54 Å². The molecule has 0 heterocycles. The minimum atomic E-state index is -3.96. The van der Waals surface area contributed by atoms with Crippen molar-refractivity contribution in [2.24, 2.45) is 5.14 Å². The predicted molar refractivity (Wildman–Crippen MR) is 50.5 cm³/mol. The van der Waals surface area contributed by atoms with Crippen LogP contribution in [-0.4, -0.2) is 15.5 Å². The maximum absolute atomic E-state index is 13.2. The average Bonchev–Trinajstić information content (AvgIpc) is 2.02. The Morgan fingerprint density at radius 3 is 2.57 bits per heavy atom. The molecule has 0 saturated carbocycles. The molecular weight excluding hydrogens is 207 g/mol. The molecule has 0 spiro atoms. The van der Waals surface area contributed by atoms with Gasteiger partial charge < -0.3 is 5.32 Å². The van der Waals surface area contributed by atoms with Crippen molar-refractivity contribution < 1.29 is 12.8 Å². The first-order valence-electron chi connectivity index (χ1n) is 3.91. The first-order valence-corrected chi connectivity index (χ1v) is 5.45. The van der Waals surface area contributed by atoms with Crippen LogP contribution in [0.25, 0.3) is 0 Å². The lowest BCUT2D eigenvalue weighted by Gasteiger charge is -2.03. The molecule has 1 aromatic carbocycles. The van der Waals surface area contributed by atoms with E-state index in [-0.39, 0.29) is 0 Å². The van der Waals surface area contributed by atoms with Gasteiger partial charge in [-0.05, 0) is 24.7 Å². The third-order valence-electron chi connectivity index (χ3n) is 1.68. The van der Waals surface area contributed by atoms with Crippen molar-refractivity contribution in [3.8, 4) is 0 Å². The van der Waals surface area contributed by atoms with E-state index in [1.807, 2.05) is 0 Å². The van der Waals surface area contributed by atoms with Crippen LogP contribution in [0, 0.1) is 5.82 Å². The fraction of sp³-hybridized carbons (Fsp3) is 0.250. The van der Waals surface area contributed by atoms with E-state index < -0.39 is 20.7 Å². The van der Waals surface area contributed by atoms with Crippen LogP contribution in [0.4, 0.5) is 4.39 Å². The molecule has 78 valence electrons. The Hall–Kier alpha value is -0.980. The Balaban J connectivity index is 3.15. The van der Waals surface area contributed by atoms with E-state index in [0.29, 0.717) is 12.1 Å². The molecule has 14 heavy (non-hydrogen) atoms. The van der Waals surface area contributed by atoms with E-state index in [1.54, 1.807) is 7.05 Å². The van der Waals surface area contributed by atoms with Gasteiger partial charge in [0.05, 0.1) is 0 Å². The number of sulfonamides is 1. The van der Waals surface area contributed by atoms with Gasteiger partial charge in [0.25, 0.3) is 0 Å². The van der Waals surface area contributed by atoms with Crippen LogP contribution < -0.4 is 10.5 Å². The molecule has 0 fully saturated rings. The maximum atomic E-state index is 13.2. The van der Waals surface area contributed by atoms with Crippen LogP contribution in [0.1, 0.15) is 5.56 Å². The Kier molecular flexibility index (Phi) is 3.20. The third-order valence-corrected chi connectivity index (χ3v) is 2.63.